The molecule has 2 unspecified atom stereocenters. The Kier molecular flexibility index (Phi) is 4.15. The van der Waals surface area contributed by atoms with E-state index in [4.69, 9.17) is 9.15 Å². The Morgan fingerprint density at radius 1 is 1.18 bits per heavy atom. The molecule has 5 heteroatoms. The molecule has 2 fully saturated rings. The smallest absolute Gasteiger partial charge is 0.339 e. The average molecular weight is 322 g/mol. The molecule has 118 valence electrons. The molecule has 2 aliphatic rings. The van der Waals surface area contributed by atoms with Gasteiger partial charge in [0.15, 0.2) is 0 Å². The van der Waals surface area contributed by atoms with Crippen LogP contribution in [0.2, 0.25) is 0 Å². The molecule has 2 aliphatic heterocycles. The number of hydrogen-bond donors (Lipinski definition) is 1. The minimum absolute atomic E-state index is 0. The van der Waals surface area contributed by atoms with Gasteiger partial charge < -0.3 is 14.5 Å². The van der Waals surface area contributed by atoms with Crippen LogP contribution in [-0.4, -0.2) is 18.2 Å². The lowest BCUT2D eigenvalue weighted by molar-refractivity contribution is 0.137. The third-order valence-electron chi connectivity index (χ3n) is 4.61. The number of fused-ring (bicyclic) bond motifs is 3. The van der Waals surface area contributed by atoms with Crippen molar-refractivity contribution in [2.45, 2.75) is 50.8 Å². The lowest BCUT2D eigenvalue weighted by Crippen LogP contribution is -2.42. The molecular weight excluding hydrogens is 302 g/mol. The molecule has 1 aromatic carbocycles. The number of hydrogen-bond acceptors (Lipinski definition) is 4. The highest BCUT2D eigenvalue weighted by Crippen LogP contribution is 2.30. The lowest BCUT2D eigenvalue weighted by atomic mass is 10.0. The molecule has 3 heterocycles. The van der Waals surface area contributed by atoms with Gasteiger partial charge >= 0.3 is 5.63 Å². The van der Waals surface area contributed by atoms with Crippen LogP contribution in [0.1, 0.15) is 31.2 Å². The quantitative estimate of drug-likeness (QED) is 0.863. The van der Waals surface area contributed by atoms with E-state index in [0.717, 1.165) is 24.0 Å². The van der Waals surface area contributed by atoms with Gasteiger partial charge in [-0.1, -0.05) is 0 Å². The van der Waals surface area contributed by atoms with Gasteiger partial charge in [0.05, 0.1) is 0 Å². The van der Waals surface area contributed by atoms with E-state index in [1.54, 1.807) is 6.92 Å². The number of piperidine rings is 1. The zero-order chi connectivity index (χ0) is 14.4. The van der Waals surface area contributed by atoms with Gasteiger partial charge in [0, 0.05) is 29.1 Å². The molecule has 2 saturated heterocycles. The maximum atomic E-state index is 11.6. The van der Waals surface area contributed by atoms with Crippen molar-refractivity contribution in [2.75, 3.05) is 0 Å². The maximum absolute atomic E-state index is 11.6. The number of aryl methyl sites for hydroxylation is 1. The van der Waals surface area contributed by atoms with Crippen LogP contribution < -0.4 is 15.7 Å². The Balaban J connectivity index is 0.00000144. The molecule has 0 spiro atoms. The molecule has 0 saturated carbocycles. The maximum Gasteiger partial charge on any atom is 0.339 e. The van der Waals surface area contributed by atoms with Gasteiger partial charge in [0.1, 0.15) is 17.4 Å². The Morgan fingerprint density at radius 3 is 2.64 bits per heavy atom. The number of ether oxygens (including phenoxy) is 1. The van der Waals surface area contributed by atoms with Gasteiger partial charge in [-0.05, 0) is 50.8 Å². The minimum Gasteiger partial charge on any atom is -0.490 e. The van der Waals surface area contributed by atoms with Crippen molar-refractivity contribution in [1.82, 2.24) is 5.32 Å². The zero-order valence-electron chi connectivity index (χ0n) is 12.5. The predicted octanol–water partition coefficient (Wildman–Crippen LogP) is 3.19. The molecular formula is C17H20ClNO3. The SMILES string of the molecule is Cc1cc2ccc(OC3CC4CCC(C3)N4)cc2oc1=O.Cl. The average Bonchev–Trinajstić information content (AvgIpc) is 2.80. The highest BCUT2D eigenvalue weighted by atomic mass is 35.5. The Bertz CT molecular complexity index is 730. The third kappa shape index (κ3) is 2.85. The van der Waals surface area contributed by atoms with E-state index in [1.165, 1.54) is 12.8 Å². The summed E-state index contributed by atoms with van der Waals surface area (Å²) in [6.07, 6.45) is 4.91. The van der Waals surface area contributed by atoms with Gasteiger partial charge in [0.25, 0.3) is 0 Å². The number of halogens is 1. The van der Waals surface area contributed by atoms with Crippen LogP contribution in [0.5, 0.6) is 5.75 Å². The molecule has 4 nitrogen and oxygen atoms in total. The van der Waals surface area contributed by atoms with Gasteiger partial charge in [0.2, 0.25) is 0 Å². The summed E-state index contributed by atoms with van der Waals surface area (Å²) in [6, 6.07) is 8.82. The first-order valence-electron chi connectivity index (χ1n) is 7.64. The predicted molar refractivity (Wildman–Crippen MR) is 88.1 cm³/mol. The third-order valence-corrected chi connectivity index (χ3v) is 4.61. The topological polar surface area (TPSA) is 51.5 Å². The van der Waals surface area contributed by atoms with E-state index < -0.39 is 0 Å². The fourth-order valence-corrected chi connectivity index (χ4v) is 3.56. The number of benzene rings is 1. The van der Waals surface area contributed by atoms with E-state index in [9.17, 15) is 4.79 Å². The van der Waals surface area contributed by atoms with E-state index in [1.807, 2.05) is 24.3 Å². The minimum atomic E-state index is -0.278. The number of nitrogens with one attached hydrogen (secondary N) is 1. The lowest BCUT2D eigenvalue weighted by Gasteiger charge is -2.29. The van der Waals surface area contributed by atoms with Crippen molar-refractivity contribution in [3.05, 3.63) is 40.2 Å². The first-order valence-corrected chi connectivity index (χ1v) is 7.64. The zero-order valence-corrected chi connectivity index (χ0v) is 13.3. The second-order valence-corrected chi connectivity index (χ2v) is 6.27. The van der Waals surface area contributed by atoms with Crippen molar-refractivity contribution < 1.29 is 9.15 Å². The second kappa shape index (κ2) is 5.94. The van der Waals surface area contributed by atoms with E-state index >= 15 is 0 Å². The fraction of sp³-hybridized carbons (Fsp3) is 0.471. The molecule has 0 radical (unpaired) electrons. The molecule has 4 rings (SSSR count). The first kappa shape index (κ1) is 15.4. The highest BCUT2D eigenvalue weighted by Gasteiger charge is 2.34. The van der Waals surface area contributed by atoms with Gasteiger partial charge in [-0.3, -0.25) is 0 Å². The monoisotopic (exact) mass is 321 g/mol. The summed E-state index contributed by atoms with van der Waals surface area (Å²) in [5, 5.41) is 4.54. The largest absolute Gasteiger partial charge is 0.490 e. The summed E-state index contributed by atoms with van der Waals surface area (Å²) in [5.41, 5.74) is 0.950. The van der Waals surface area contributed by atoms with Crippen LogP contribution in [0.25, 0.3) is 11.0 Å². The first-order chi connectivity index (χ1) is 10.2. The van der Waals surface area contributed by atoms with E-state index in [0.29, 0.717) is 23.2 Å². The molecule has 2 bridgehead atoms. The van der Waals surface area contributed by atoms with Crippen LogP contribution in [0, 0.1) is 6.92 Å². The van der Waals surface area contributed by atoms with Gasteiger partial charge in [-0.2, -0.15) is 0 Å². The summed E-state index contributed by atoms with van der Waals surface area (Å²) in [4.78, 5) is 11.6. The highest BCUT2D eigenvalue weighted by molar-refractivity contribution is 5.85. The normalized spacial score (nSPS) is 26.7. The molecule has 1 aromatic heterocycles. The summed E-state index contributed by atoms with van der Waals surface area (Å²) in [5.74, 6) is 0.792. The molecule has 2 atom stereocenters. The summed E-state index contributed by atoms with van der Waals surface area (Å²) < 4.78 is 11.4. The van der Waals surface area contributed by atoms with Gasteiger partial charge in [-0.15, -0.1) is 12.4 Å². The Hall–Kier alpha value is -1.52. The van der Waals surface area contributed by atoms with Crippen molar-refractivity contribution >= 4 is 23.4 Å². The Morgan fingerprint density at radius 2 is 1.91 bits per heavy atom. The molecule has 2 aromatic rings. The van der Waals surface area contributed by atoms with Crippen molar-refractivity contribution in [3.63, 3.8) is 0 Å². The van der Waals surface area contributed by atoms with Crippen molar-refractivity contribution in [1.29, 1.82) is 0 Å². The summed E-state index contributed by atoms with van der Waals surface area (Å²) in [7, 11) is 0. The number of rotatable bonds is 2. The summed E-state index contributed by atoms with van der Waals surface area (Å²) in [6.45, 7) is 1.76. The van der Waals surface area contributed by atoms with E-state index in [-0.39, 0.29) is 24.1 Å². The van der Waals surface area contributed by atoms with Crippen molar-refractivity contribution in [3.8, 4) is 5.75 Å². The van der Waals surface area contributed by atoms with Crippen LogP contribution >= 0.6 is 12.4 Å². The van der Waals surface area contributed by atoms with Gasteiger partial charge in [-0.25, -0.2) is 4.79 Å². The summed E-state index contributed by atoms with van der Waals surface area (Å²) >= 11 is 0. The molecule has 22 heavy (non-hydrogen) atoms. The van der Waals surface area contributed by atoms with Crippen LogP contribution in [0.4, 0.5) is 0 Å². The van der Waals surface area contributed by atoms with Crippen LogP contribution in [0.3, 0.4) is 0 Å². The standard InChI is InChI=1S/C17H19NO3.ClH/c1-10-6-11-2-5-14(9-16(11)21-17(10)19)20-15-7-12-3-4-13(8-15)18-12;/h2,5-6,9,12-13,15,18H,3-4,7-8H2,1H3;1H. The van der Waals surface area contributed by atoms with Crippen LogP contribution in [0.15, 0.2) is 33.5 Å². The second-order valence-electron chi connectivity index (χ2n) is 6.27. The van der Waals surface area contributed by atoms with Crippen LogP contribution in [-0.2, 0) is 0 Å². The Labute approximate surface area is 135 Å². The molecule has 0 aliphatic carbocycles. The fourth-order valence-electron chi connectivity index (χ4n) is 3.56. The molecule has 0 amide bonds. The van der Waals surface area contributed by atoms with E-state index in [2.05, 4.69) is 5.32 Å². The van der Waals surface area contributed by atoms with Crippen molar-refractivity contribution in [2.24, 2.45) is 0 Å². The molecule has 1 N–H and O–H groups in total.